The summed E-state index contributed by atoms with van der Waals surface area (Å²) in [5, 5.41) is 14.0. The maximum absolute atomic E-state index is 13.6. The van der Waals surface area contributed by atoms with E-state index >= 15 is 0 Å². The van der Waals surface area contributed by atoms with Crippen molar-refractivity contribution < 1.29 is 9.31 Å². The topological polar surface area (TPSA) is 55.2 Å². The van der Waals surface area contributed by atoms with E-state index in [-0.39, 0.29) is 17.5 Å². The fourth-order valence-corrected chi connectivity index (χ4v) is 2.41. The zero-order chi connectivity index (χ0) is 15.4. The van der Waals surface area contributed by atoms with Crippen LogP contribution in [0.1, 0.15) is 12.5 Å². The molecule has 0 aliphatic rings. The maximum atomic E-state index is 13.6. The number of nitrogens with zero attached hydrogens (tertiary/aromatic N) is 1. The van der Waals surface area contributed by atoms with Gasteiger partial charge in [-0.05, 0) is 47.0 Å². The first-order valence-corrected chi connectivity index (χ1v) is 7.20. The Morgan fingerprint density at radius 3 is 2.71 bits per heavy atom. The molecule has 1 atom stereocenters. The van der Waals surface area contributed by atoms with Gasteiger partial charge in [-0.1, -0.05) is 18.2 Å². The van der Waals surface area contributed by atoms with E-state index in [0.717, 1.165) is 4.47 Å². The number of halogens is 2. The molecule has 0 bridgehead atoms. The Morgan fingerprint density at radius 2 is 2.05 bits per heavy atom. The molecular formula is C15H14BrFN2O2. The van der Waals surface area contributed by atoms with Crippen LogP contribution in [0, 0.1) is 15.9 Å². The fraction of sp³-hybridized carbons (Fsp3) is 0.200. The first kappa shape index (κ1) is 15.4. The summed E-state index contributed by atoms with van der Waals surface area (Å²) in [5.41, 5.74) is 1.24. The van der Waals surface area contributed by atoms with Gasteiger partial charge in [-0.25, -0.2) is 4.39 Å². The lowest BCUT2D eigenvalue weighted by atomic mass is 10.1. The van der Waals surface area contributed by atoms with E-state index in [9.17, 15) is 14.5 Å². The number of nitro benzene ring substituents is 1. The van der Waals surface area contributed by atoms with Crippen LogP contribution in [0.4, 0.5) is 15.8 Å². The molecular weight excluding hydrogens is 339 g/mol. The van der Waals surface area contributed by atoms with Crippen molar-refractivity contribution in [3.8, 4) is 0 Å². The van der Waals surface area contributed by atoms with Crippen molar-refractivity contribution in [3.63, 3.8) is 0 Å². The SMILES string of the molecule is CC(Cc1ccccc1F)Nc1cc([N+](=O)[O-])ccc1Br. The third kappa shape index (κ3) is 4.01. The Hall–Kier alpha value is -1.95. The van der Waals surface area contributed by atoms with Gasteiger partial charge in [0.25, 0.3) is 5.69 Å². The van der Waals surface area contributed by atoms with Crippen LogP contribution in [0.5, 0.6) is 0 Å². The van der Waals surface area contributed by atoms with Crippen LogP contribution in [-0.4, -0.2) is 11.0 Å². The molecule has 0 radical (unpaired) electrons. The van der Waals surface area contributed by atoms with Gasteiger partial charge in [-0.15, -0.1) is 0 Å². The van der Waals surface area contributed by atoms with Gasteiger partial charge in [-0.2, -0.15) is 0 Å². The normalized spacial score (nSPS) is 12.0. The summed E-state index contributed by atoms with van der Waals surface area (Å²) in [6.45, 7) is 1.90. The van der Waals surface area contributed by atoms with E-state index in [1.54, 1.807) is 24.3 Å². The lowest BCUT2D eigenvalue weighted by molar-refractivity contribution is -0.384. The summed E-state index contributed by atoms with van der Waals surface area (Å²) < 4.78 is 14.3. The molecule has 110 valence electrons. The van der Waals surface area contributed by atoms with Crippen molar-refractivity contribution in [2.45, 2.75) is 19.4 Å². The van der Waals surface area contributed by atoms with Gasteiger partial charge in [0, 0.05) is 22.6 Å². The predicted molar refractivity (Wildman–Crippen MR) is 84.0 cm³/mol. The molecule has 2 aromatic carbocycles. The van der Waals surface area contributed by atoms with Crippen molar-refractivity contribution in [3.05, 3.63) is 68.4 Å². The van der Waals surface area contributed by atoms with Gasteiger partial charge in [-0.3, -0.25) is 10.1 Å². The number of nitrogens with one attached hydrogen (secondary N) is 1. The number of benzene rings is 2. The number of anilines is 1. The van der Waals surface area contributed by atoms with Crippen LogP contribution in [0.15, 0.2) is 46.9 Å². The van der Waals surface area contributed by atoms with E-state index in [1.165, 1.54) is 18.2 Å². The smallest absolute Gasteiger partial charge is 0.271 e. The Labute approximate surface area is 130 Å². The van der Waals surface area contributed by atoms with Crippen molar-refractivity contribution in [2.75, 3.05) is 5.32 Å². The van der Waals surface area contributed by atoms with Crippen molar-refractivity contribution in [1.29, 1.82) is 0 Å². The molecule has 6 heteroatoms. The molecule has 0 amide bonds. The summed E-state index contributed by atoms with van der Waals surface area (Å²) in [4.78, 5) is 10.4. The number of hydrogen-bond acceptors (Lipinski definition) is 3. The predicted octanol–water partition coefficient (Wildman–Crippen LogP) is 4.54. The highest BCUT2D eigenvalue weighted by Crippen LogP contribution is 2.28. The van der Waals surface area contributed by atoms with Crippen molar-refractivity contribution in [2.24, 2.45) is 0 Å². The minimum absolute atomic E-state index is 0.0128. The van der Waals surface area contributed by atoms with E-state index in [4.69, 9.17) is 0 Å². The zero-order valence-electron chi connectivity index (χ0n) is 11.3. The Balaban J connectivity index is 2.12. The Kier molecular flexibility index (Phi) is 4.90. The van der Waals surface area contributed by atoms with Gasteiger partial charge >= 0.3 is 0 Å². The van der Waals surface area contributed by atoms with Gasteiger partial charge in [0.05, 0.1) is 10.6 Å². The minimum Gasteiger partial charge on any atom is -0.381 e. The standard InChI is InChI=1S/C15H14BrFN2O2/c1-10(8-11-4-2-3-5-14(11)17)18-15-9-12(19(20)21)6-7-13(15)16/h2-7,9-10,18H,8H2,1H3. The van der Waals surface area contributed by atoms with Crippen molar-refractivity contribution in [1.82, 2.24) is 0 Å². The summed E-state index contributed by atoms with van der Waals surface area (Å²) in [6, 6.07) is 11.0. The third-order valence-corrected chi connectivity index (χ3v) is 3.74. The highest BCUT2D eigenvalue weighted by atomic mass is 79.9. The van der Waals surface area contributed by atoms with Crippen LogP contribution >= 0.6 is 15.9 Å². The molecule has 2 rings (SSSR count). The molecule has 1 unspecified atom stereocenters. The van der Waals surface area contributed by atoms with Crippen LogP contribution < -0.4 is 5.32 Å². The van der Waals surface area contributed by atoms with Crippen LogP contribution in [0.2, 0.25) is 0 Å². The number of hydrogen-bond donors (Lipinski definition) is 1. The molecule has 4 nitrogen and oxygen atoms in total. The summed E-state index contributed by atoms with van der Waals surface area (Å²) in [7, 11) is 0. The van der Waals surface area contributed by atoms with E-state index in [1.807, 2.05) is 6.92 Å². The average Bonchev–Trinajstić information content (AvgIpc) is 2.43. The number of nitro groups is 1. The van der Waals surface area contributed by atoms with Crippen LogP contribution in [0.25, 0.3) is 0 Å². The lowest BCUT2D eigenvalue weighted by Gasteiger charge is -2.16. The molecule has 1 N–H and O–H groups in total. The van der Waals surface area contributed by atoms with Gasteiger partial charge in [0.1, 0.15) is 5.82 Å². The quantitative estimate of drug-likeness (QED) is 0.634. The number of rotatable bonds is 5. The molecule has 0 aromatic heterocycles. The second-order valence-electron chi connectivity index (χ2n) is 4.76. The fourth-order valence-electron chi connectivity index (χ4n) is 2.05. The average molecular weight is 353 g/mol. The van der Waals surface area contributed by atoms with Gasteiger partial charge in [0.15, 0.2) is 0 Å². The first-order valence-electron chi connectivity index (χ1n) is 6.41. The Bertz CT molecular complexity index is 664. The minimum atomic E-state index is -0.445. The second kappa shape index (κ2) is 6.67. The van der Waals surface area contributed by atoms with Gasteiger partial charge in [0.2, 0.25) is 0 Å². The van der Waals surface area contributed by atoms with E-state index < -0.39 is 4.92 Å². The molecule has 0 saturated carbocycles. The molecule has 2 aromatic rings. The second-order valence-corrected chi connectivity index (χ2v) is 5.62. The van der Waals surface area contributed by atoms with Crippen molar-refractivity contribution >= 4 is 27.3 Å². The largest absolute Gasteiger partial charge is 0.381 e. The summed E-state index contributed by atoms with van der Waals surface area (Å²) in [5.74, 6) is -0.246. The molecule has 0 saturated heterocycles. The highest BCUT2D eigenvalue weighted by molar-refractivity contribution is 9.10. The monoisotopic (exact) mass is 352 g/mol. The summed E-state index contributed by atoms with van der Waals surface area (Å²) >= 11 is 3.35. The van der Waals surface area contributed by atoms with Crippen LogP contribution in [-0.2, 0) is 6.42 Å². The molecule has 0 heterocycles. The Morgan fingerprint density at radius 1 is 1.33 bits per heavy atom. The third-order valence-electron chi connectivity index (χ3n) is 3.05. The van der Waals surface area contributed by atoms with E-state index in [0.29, 0.717) is 17.7 Å². The highest BCUT2D eigenvalue weighted by Gasteiger charge is 2.12. The number of non-ortho nitro benzene ring substituents is 1. The van der Waals surface area contributed by atoms with Gasteiger partial charge < -0.3 is 5.32 Å². The van der Waals surface area contributed by atoms with Crippen LogP contribution in [0.3, 0.4) is 0 Å². The lowest BCUT2D eigenvalue weighted by Crippen LogP contribution is -2.19. The zero-order valence-corrected chi connectivity index (χ0v) is 12.9. The first-order chi connectivity index (χ1) is 9.97. The maximum Gasteiger partial charge on any atom is 0.271 e. The molecule has 0 spiro atoms. The molecule has 0 fully saturated rings. The molecule has 21 heavy (non-hydrogen) atoms. The molecule has 0 aliphatic heterocycles. The summed E-state index contributed by atoms with van der Waals surface area (Å²) in [6.07, 6.45) is 0.488. The van der Waals surface area contributed by atoms with E-state index in [2.05, 4.69) is 21.2 Å². The molecule has 0 aliphatic carbocycles.